The van der Waals surface area contributed by atoms with Crippen molar-refractivity contribution in [3.8, 4) is 22.6 Å². The largest absolute Gasteiger partial charge is 0.457 e. The Balaban J connectivity index is 1.87. The fraction of sp³-hybridized carbons (Fsp3) is 0.0526. The molecule has 1 N–H and O–H groups in total. The molecule has 0 saturated heterocycles. The molecule has 0 fully saturated rings. The number of para-hydroxylation sites is 1. The first-order chi connectivity index (χ1) is 11.3. The number of nitrogens with one attached hydrogen (secondary N) is 1. The SMILES string of the molecule is CNC(=O)c1ncccc1-c1ccc(Oc2ccccc2)cc1. The predicted octanol–water partition coefficient (Wildman–Crippen LogP) is 3.90. The molecule has 0 saturated carbocycles. The Hall–Kier alpha value is -3.14. The normalized spacial score (nSPS) is 10.1. The van der Waals surface area contributed by atoms with Crippen molar-refractivity contribution in [2.45, 2.75) is 0 Å². The van der Waals surface area contributed by atoms with Gasteiger partial charge in [0.1, 0.15) is 17.2 Å². The Morgan fingerprint density at radius 3 is 2.30 bits per heavy atom. The minimum Gasteiger partial charge on any atom is -0.457 e. The summed E-state index contributed by atoms with van der Waals surface area (Å²) >= 11 is 0. The smallest absolute Gasteiger partial charge is 0.270 e. The maximum Gasteiger partial charge on any atom is 0.270 e. The molecule has 0 bridgehead atoms. The van der Waals surface area contributed by atoms with Gasteiger partial charge < -0.3 is 10.1 Å². The molecule has 3 aromatic rings. The standard InChI is InChI=1S/C19H16N2O2/c1-20-19(22)18-17(8-5-13-21-18)14-9-11-16(12-10-14)23-15-6-3-2-4-7-15/h2-13H,1H3,(H,20,22). The van der Waals surface area contributed by atoms with Gasteiger partial charge in [0.15, 0.2) is 0 Å². The molecule has 0 aliphatic carbocycles. The van der Waals surface area contributed by atoms with Crippen molar-refractivity contribution in [2.24, 2.45) is 0 Å². The molecule has 0 aliphatic rings. The summed E-state index contributed by atoms with van der Waals surface area (Å²) in [6, 6.07) is 20.9. The Kier molecular flexibility index (Phi) is 4.34. The van der Waals surface area contributed by atoms with E-state index in [9.17, 15) is 4.79 Å². The highest BCUT2D eigenvalue weighted by Crippen LogP contribution is 2.27. The van der Waals surface area contributed by atoms with Gasteiger partial charge in [-0.05, 0) is 35.9 Å². The van der Waals surface area contributed by atoms with Crippen LogP contribution in [0.5, 0.6) is 11.5 Å². The molecule has 0 spiro atoms. The van der Waals surface area contributed by atoms with Gasteiger partial charge in [-0.25, -0.2) is 0 Å². The van der Waals surface area contributed by atoms with E-state index in [1.54, 1.807) is 13.2 Å². The molecule has 1 heterocycles. The summed E-state index contributed by atoms with van der Waals surface area (Å²) < 4.78 is 5.77. The molecule has 0 atom stereocenters. The molecule has 114 valence electrons. The zero-order valence-corrected chi connectivity index (χ0v) is 12.7. The molecule has 2 aromatic carbocycles. The second-order valence-electron chi connectivity index (χ2n) is 4.92. The van der Waals surface area contributed by atoms with Gasteiger partial charge >= 0.3 is 0 Å². The highest BCUT2D eigenvalue weighted by molar-refractivity contribution is 5.98. The van der Waals surface area contributed by atoms with E-state index in [0.717, 1.165) is 22.6 Å². The quantitative estimate of drug-likeness (QED) is 0.795. The van der Waals surface area contributed by atoms with Crippen molar-refractivity contribution >= 4 is 5.91 Å². The van der Waals surface area contributed by atoms with Crippen LogP contribution in [-0.4, -0.2) is 17.9 Å². The minimum atomic E-state index is -0.204. The number of nitrogens with zero attached hydrogens (tertiary/aromatic N) is 1. The van der Waals surface area contributed by atoms with Crippen LogP contribution in [0.1, 0.15) is 10.5 Å². The first kappa shape index (κ1) is 14.8. The maximum absolute atomic E-state index is 11.9. The number of carbonyl (C=O) groups is 1. The number of rotatable bonds is 4. The van der Waals surface area contributed by atoms with E-state index in [1.165, 1.54) is 0 Å². The van der Waals surface area contributed by atoms with Gasteiger partial charge in [0.25, 0.3) is 5.91 Å². The van der Waals surface area contributed by atoms with Crippen molar-refractivity contribution in [2.75, 3.05) is 7.05 Å². The van der Waals surface area contributed by atoms with Crippen LogP contribution >= 0.6 is 0 Å². The second kappa shape index (κ2) is 6.75. The number of ether oxygens (including phenoxy) is 1. The lowest BCUT2D eigenvalue weighted by Gasteiger charge is -2.09. The summed E-state index contributed by atoms with van der Waals surface area (Å²) in [6.07, 6.45) is 1.61. The number of carbonyl (C=O) groups excluding carboxylic acids is 1. The Labute approximate surface area is 134 Å². The molecule has 23 heavy (non-hydrogen) atoms. The van der Waals surface area contributed by atoms with Gasteiger partial charge in [-0.2, -0.15) is 0 Å². The second-order valence-corrected chi connectivity index (χ2v) is 4.92. The zero-order valence-electron chi connectivity index (χ0n) is 12.7. The zero-order chi connectivity index (χ0) is 16.1. The van der Waals surface area contributed by atoms with Crippen molar-refractivity contribution in [1.82, 2.24) is 10.3 Å². The molecule has 4 nitrogen and oxygen atoms in total. The molecule has 3 rings (SSSR count). The Bertz CT molecular complexity index is 799. The van der Waals surface area contributed by atoms with Gasteiger partial charge in [0, 0.05) is 18.8 Å². The first-order valence-corrected chi connectivity index (χ1v) is 7.28. The number of pyridine rings is 1. The van der Waals surface area contributed by atoms with E-state index < -0.39 is 0 Å². The van der Waals surface area contributed by atoms with Crippen LogP contribution in [0.3, 0.4) is 0 Å². The first-order valence-electron chi connectivity index (χ1n) is 7.28. The number of aromatic nitrogens is 1. The van der Waals surface area contributed by atoms with Crippen LogP contribution in [-0.2, 0) is 0 Å². The summed E-state index contributed by atoms with van der Waals surface area (Å²) in [6.45, 7) is 0. The average Bonchev–Trinajstić information content (AvgIpc) is 2.62. The van der Waals surface area contributed by atoms with Gasteiger partial charge in [-0.3, -0.25) is 9.78 Å². The van der Waals surface area contributed by atoms with Crippen LogP contribution in [0.25, 0.3) is 11.1 Å². The van der Waals surface area contributed by atoms with Crippen molar-refractivity contribution in [3.63, 3.8) is 0 Å². The van der Waals surface area contributed by atoms with Gasteiger partial charge in [-0.1, -0.05) is 36.4 Å². The summed E-state index contributed by atoms with van der Waals surface area (Å²) in [5.74, 6) is 1.32. The van der Waals surface area contributed by atoms with Crippen LogP contribution in [0.15, 0.2) is 72.9 Å². The van der Waals surface area contributed by atoms with E-state index in [1.807, 2.05) is 66.7 Å². The lowest BCUT2D eigenvalue weighted by atomic mass is 10.0. The van der Waals surface area contributed by atoms with Crippen LogP contribution in [0.2, 0.25) is 0 Å². The number of hydrogen-bond acceptors (Lipinski definition) is 3. The molecule has 0 aliphatic heterocycles. The highest BCUT2D eigenvalue weighted by Gasteiger charge is 2.12. The lowest BCUT2D eigenvalue weighted by molar-refractivity contribution is 0.0959. The third kappa shape index (κ3) is 3.37. The molecule has 0 unspecified atom stereocenters. The van der Waals surface area contributed by atoms with E-state index >= 15 is 0 Å². The molecule has 1 amide bonds. The average molecular weight is 304 g/mol. The van der Waals surface area contributed by atoms with E-state index in [2.05, 4.69) is 10.3 Å². The van der Waals surface area contributed by atoms with Crippen molar-refractivity contribution < 1.29 is 9.53 Å². The van der Waals surface area contributed by atoms with Crippen molar-refractivity contribution in [3.05, 3.63) is 78.6 Å². The van der Waals surface area contributed by atoms with Crippen LogP contribution in [0, 0.1) is 0 Å². The van der Waals surface area contributed by atoms with Crippen molar-refractivity contribution in [1.29, 1.82) is 0 Å². The van der Waals surface area contributed by atoms with Crippen LogP contribution in [0.4, 0.5) is 0 Å². The predicted molar refractivity (Wildman–Crippen MR) is 89.6 cm³/mol. The molecular formula is C19H16N2O2. The van der Waals surface area contributed by atoms with E-state index in [4.69, 9.17) is 4.74 Å². The number of benzene rings is 2. The van der Waals surface area contributed by atoms with Gasteiger partial charge in [0.05, 0.1) is 0 Å². The lowest BCUT2D eigenvalue weighted by Crippen LogP contribution is -2.20. The van der Waals surface area contributed by atoms with E-state index in [0.29, 0.717) is 5.69 Å². The summed E-state index contributed by atoms with van der Waals surface area (Å²) in [5, 5.41) is 2.61. The number of amides is 1. The van der Waals surface area contributed by atoms with Gasteiger partial charge in [-0.15, -0.1) is 0 Å². The third-order valence-corrected chi connectivity index (χ3v) is 3.39. The van der Waals surface area contributed by atoms with Gasteiger partial charge in [0.2, 0.25) is 0 Å². The molecule has 4 heteroatoms. The van der Waals surface area contributed by atoms with E-state index in [-0.39, 0.29) is 5.91 Å². The fourth-order valence-electron chi connectivity index (χ4n) is 2.26. The summed E-state index contributed by atoms with van der Waals surface area (Å²) in [5.41, 5.74) is 2.11. The Morgan fingerprint density at radius 2 is 1.61 bits per heavy atom. The monoisotopic (exact) mass is 304 g/mol. The fourth-order valence-corrected chi connectivity index (χ4v) is 2.26. The molecule has 1 aromatic heterocycles. The Morgan fingerprint density at radius 1 is 0.913 bits per heavy atom. The molecular weight excluding hydrogens is 288 g/mol. The third-order valence-electron chi connectivity index (χ3n) is 3.39. The number of hydrogen-bond donors (Lipinski definition) is 1. The minimum absolute atomic E-state index is 0.204. The topological polar surface area (TPSA) is 51.2 Å². The maximum atomic E-state index is 11.9. The summed E-state index contributed by atoms with van der Waals surface area (Å²) in [7, 11) is 1.59. The molecule has 0 radical (unpaired) electrons. The summed E-state index contributed by atoms with van der Waals surface area (Å²) in [4.78, 5) is 16.1. The highest BCUT2D eigenvalue weighted by atomic mass is 16.5. The van der Waals surface area contributed by atoms with Crippen LogP contribution < -0.4 is 10.1 Å².